The second-order valence-corrected chi connectivity index (χ2v) is 6.04. The highest BCUT2D eigenvalue weighted by Crippen LogP contribution is 2.14. The van der Waals surface area contributed by atoms with E-state index in [1.165, 1.54) is 0 Å². The SMILES string of the molecule is CC(C)(C)NC(=O)c1ccn(-c2ccc3ccccn23)n1. The van der Waals surface area contributed by atoms with E-state index < -0.39 is 0 Å². The minimum absolute atomic E-state index is 0.165. The Bertz CT molecular complexity index is 792. The Hall–Kier alpha value is -2.56. The van der Waals surface area contributed by atoms with E-state index in [1.807, 2.05) is 61.7 Å². The molecule has 0 atom stereocenters. The third-order valence-corrected chi connectivity index (χ3v) is 3.09. The minimum atomic E-state index is -0.275. The Kier molecular flexibility index (Phi) is 3.05. The van der Waals surface area contributed by atoms with Gasteiger partial charge in [0.2, 0.25) is 0 Å². The van der Waals surface area contributed by atoms with Crippen molar-refractivity contribution in [1.82, 2.24) is 19.5 Å². The largest absolute Gasteiger partial charge is 0.346 e. The molecule has 0 bridgehead atoms. The molecule has 5 heteroatoms. The molecule has 0 aliphatic carbocycles. The van der Waals surface area contributed by atoms with Crippen molar-refractivity contribution in [2.45, 2.75) is 26.3 Å². The van der Waals surface area contributed by atoms with Gasteiger partial charge >= 0.3 is 0 Å². The molecular weight excluding hydrogens is 264 g/mol. The number of carbonyl (C=O) groups excluding carboxylic acids is 1. The smallest absolute Gasteiger partial charge is 0.272 e. The van der Waals surface area contributed by atoms with Gasteiger partial charge < -0.3 is 9.72 Å². The van der Waals surface area contributed by atoms with Gasteiger partial charge in [0.15, 0.2) is 5.69 Å². The van der Waals surface area contributed by atoms with Crippen LogP contribution in [0.4, 0.5) is 0 Å². The van der Waals surface area contributed by atoms with Gasteiger partial charge in [0.05, 0.1) is 0 Å². The topological polar surface area (TPSA) is 51.3 Å². The molecule has 0 spiro atoms. The molecule has 5 nitrogen and oxygen atoms in total. The first-order valence-electron chi connectivity index (χ1n) is 6.89. The number of pyridine rings is 1. The zero-order chi connectivity index (χ0) is 15.0. The molecule has 3 aromatic rings. The number of carbonyl (C=O) groups is 1. The summed E-state index contributed by atoms with van der Waals surface area (Å²) in [6.45, 7) is 5.84. The number of aromatic nitrogens is 3. The zero-order valence-electron chi connectivity index (χ0n) is 12.4. The number of hydrogen-bond donors (Lipinski definition) is 1. The van der Waals surface area contributed by atoms with E-state index in [4.69, 9.17) is 0 Å². The number of amides is 1. The summed E-state index contributed by atoms with van der Waals surface area (Å²) in [5.41, 5.74) is 1.22. The van der Waals surface area contributed by atoms with Crippen LogP contribution in [0, 0.1) is 0 Å². The van der Waals surface area contributed by atoms with Crippen molar-refractivity contribution in [3.05, 3.63) is 54.5 Å². The molecule has 0 radical (unpaired) electrons. The van der Waals surface area contributed by atoms with Gasteiger partial charge in [-0.2, -0.15) is 5.10 Å². The summed E-state index contributed by atoms with van der Waals surface area (Å²) in [5, 5.41) is 7.28. The second-order valence-electron chi connectivity index (χ2n) is 6.04. The van der Waals surface area contributed by atoms with E-state index >= 15 is 0 Å². The van der Waals surface area contributed by atoms with Crippen molar-refractivity contribution in [2.24, 2.45) is 0 Å². The van der Waals surface area contributed by atoms with Crippen LogP contribution in [0.3, 0.4) is 0 Å². The molecule has 108 valence electrons. The molecular formula is C16H18N4O. The highest BCUT2D eigenvalue weighted by Gasteiger charge is 2.17. The normalized spacial score (nSPS) is 11.8. The van der Waals surface area contributed by atoms with E-state index in [2.05, 4.69) is 10.4 Å². The number of nitrogens with zero attached hydrogens (tertiary/aromatic N) is 3. The maximum atomic E-state index is 12.1. The van der Waals surface area contributed by atoms with E-state index in [0.717, 1.165) is 11.3 Å². The highest BCUT2D eigenvalue weighted by molar-refractivity contribution is 5.92. The third kappa shape index (κ3) is 2.67. The lowest BCUT2D eigenvalue weighted by Crippen LogP contribution is -2.40. The van der Waals surface area contributed by atoms with Crippen molar-refractivity contribution in [1.29, 1.82) is 0 Å². The second kappa shape index (κ2) is 4.77. The quantitative estimate of drug-likeness (QED) is 0.785. The van der Waals surface area contributed by atoms with Crippen LogP contribution < -0.4 is 5.32 Å². The van der Waals surface area contributed by atoms with E-state index in [1.54, 1.807) is 16.9 Å². The first-order valence-corrected chi connectivity index (χ1v) is 6.89. The van der Waals surface area contributed by atoms with Gasteiger partial charge in [-0.3, -0.25) is 4.79 Å². The molecule has 3 rings (SSSR count). The van der Waals surface area contributed by atoms with Gasteiger partial charge in [0.1, 0.15) is 5.82 Å². The van der Waals surface area contributed by atoms with Crippen molar-refractivity contribution in [3.8, 4) is 5.82 Å². The Morgan fingerprint density at radius 2 is 1.90 bits per heavy atom. The van der Waals surface area contributed by atoms with Gasteiger partial charge in [-0.05, 0) is 51.1 Å². The van der Waals surface area contributed by atoms with Gasteiger partial charge in [-0.25, -0.2) is 4.68 Å². The fraction of sp³-hybridized carbons (Fsp3) is 0.250. The van der Waals surface area contributed by atoms with Crippen molar-refractivity contribution >= 4 is 11.4 Å². The zero-order valence-corrected chi connectivity index (χ0v) is 12.4. The standard InChI is InChI=1S/C16H18N4O/c1-16(2,3)17-15(21)13-9-11-20(18-13)14-8-7-12-6-4-5-10-19(12)14/h4-11H,1-3H3,(H,17,21). The molecule has 0 saturated carbocycles. The van der Waals surface area contributed by atoms with E-state index in [-0.39, 0.29) is 11.4 Å². The summed E-state index contributed by atoms with van der Waals surface area (Å²) in [6, 6.07) is 11.7. The van der Waals surface area contributed by atoms with Crippen LogP contribution in [0.1, 0.15) is 31.3 Å². The fourth-order valence-corrected chi connectivity index (χ4v) is 2.20. The molecule has 1 amide bonds. The molecule has 1 N–H and O–H groups in total. The molecule has 3 aromatic heterocycles. The van der Waals surface area contributed by atoms with Gasteiger partial charge in [-0.15, -0.1) is 0 Å². The molecule has 3 heterocycles. The van der Waals surface area contributed by atoms with Crippen LogP contribution in [0.15, 0.2) is 48.8 Å². The predicted octanol–water partition coefficient (Wildman–Crippen LogP) is 2.65. The third-order valence-electron chi connectivity index (χ3n) is 3.09. The summed E-state index contributed by atoms with van der Waals surface area (Å²) in [6.07, 6.45) is 3.77. The van der Waals surface area contributed by atoms with Gasteiger partial charge in [0.25, 0.3) is 5.91 Å². The molecule has 0 aliphatic heterocycles. The Balaban J connectivity index is 1.93. The van der Waals surface area contributed by atoms with Crippen LogP contribution in [-0.4, -0.2) is 25.6 Å². The van der Waals surface area contributed by atoms with Crippen LogP contribution in [0.25, 0.3) is 11.3 Å². The average Bonchev–Trinajstić information content (AvgIpc) is 3.03. The molecule has 0 saturated heterocycles. The first-order chi connectivity index (χ1) is 9.94. The monoisotopic (exact) mass is 282 g/mol. The molecule has 0 unspecified atom stereocenters. The van der Waals surface area contributed by atoms with E-state index in [0.29, 0.717) is 5.69 Å². The summed E-state index contributed by atoms with van der Waals surface area (Å²) in [7, 11) is 0. The lowest BCUT2D eigenvalue weighted by atomic mass is 10.1. The van der Waals surface area contributed by atoms with Crippen LogP contribution >= 0.6 is 0 Å². The number of fused-ring (bicyclic) bond motifs is 1. The Labute approximate surface area is 123 Å². The van der Waals surface area contributed by atoms with Crippen molar-refractivity contribution < 1.29 is 4.79 Å². The van der Waals surface area contributed by atoms with Gasteiger partial charge in [-0.1, -0.05) is 6.07 Å². The molecule has 21 heavy (non-hydrogen) atoms. The summed E-state index contributed by atoms with van der Waals surface area (Å²) >= 11 is 0. The Morgan fingerprint density at radius 3 is 2.67 bits per heavy atom. The Morgan fingerprint density at radius 1 is 1.10 bits per heavy atom. The molecule has 0 aliphatic rings. The van der Waals surface area contributed by atoms with Crippen molar-refractivity contribution in [2.75, 3.05) is 0 Å². The lowest BCUT2D eigenvalue weighted by Gasteiger charge is -2.19. The van der Waals surface area contributed by atoms with Gasteiger partial charge in [0, 0.05) is 23.4 Å². The first kappa shape index (κ1) is 13.4. The number of hydrogen-bond acceptors (Lipinski definition) is 2. The summed E-state index contributed by atoms with van der Waals surface area (Å²) in [5.74, 6) is 0.738. The number of rotatable bonds is 2. The maximum absolute atomic E-state index is 12.1. The summed E-state index contributed by atoms with van der Waals surface area (Å²) < 4.78 is 3.74. The van der Waals surface area contributed by atoms with E-state index in [9.17, 15) is 4.79 Å². The fourth-order valence-electron chi connectivity index (χ4n) is 2.20. The predicted molar refractivity (Wildman–Crippen MR) is 81.7 cm³/mol. The van der Waals surface area contributed by atoms with Crippen LogP contribution in [0.2, 0.25) is 0 Å². The molecule has 0 aromatic carbocycles. The minimum Gasteiger partial charge on any atom is -0.346 e. The summed E-state index contributed by atoms with van der Waals surface area (Å²) in [4.78, 5) is 12.1. The average molecular weight is 282 g/mol. The van der Waals surface area contributed by atoms with Crippen LogP contribution in [0.5, 0.6) is 0 Å². The van der Waals surface area contributed by atoms with Crippen LogP contribution in [-0.2, 0) is 0 Å². The van der Waals surface area contributed by atoms with Crippen molar-refractivity contribution in [3.63, 3.8) is 0 Å². The molecule has 0 fully saturated rings. The number of nitrogens with one attached hydrogen (secondary N) is 1. The highest BCUT2D eigenvalue weighted by atomic mass is 16.2. The lowest BCUT2D eigenvalue weighted by molar-refractivity contribution is 0.0914. The maximum Gasteiger partial charge on any atom is 0.272 e.